The van der Waals surface area contributed by atoms with Crippen molar-refractivity contribution in [3.63, 3.8) is 0 Å². The predicted molar refractivity (Wildman–Crippen MR) is 63.5 cm³/mol. The standard InChI is InChI=1S/C10H16N.2BrH.H3N/c1-11(2,3)9-10-7-5-4-6-8-10;;;/h4-8H,9H2,1-3H3;2*1H;1H3/q+1;;;/p-1. The van der Waals surface area contributed by atoms with E-state index < -0.39 is 0 Å². The average Bonchev–Trinajstić information content (AvgIpc) is 1.85. The molecule has 1 rings (SSSR count). The lowest BCUT2D eigenvalue weighted by Gasteiger charge is -2.23. The molecule has 1 aromatic rings. The quantitative estimate of drug-likeness (QED) is 0.740. The molecule has 1 aromatic carbocycles. The number of hydrogen-bond acceptors (Lipinski definition) is 1. The highest BCUT2D eigenvalue weighted by Gasteiger charge is 2.06. The SMILES string of the molecule is Br.C[N+](C)(C)Cc1ccccc1.N.[Br-]. The highest BCUT2D eigenvalue weighted by atomic mass is 79.9. The molecule has 0 spiro atoms. The third-order valence-electron chi connectivity index (χ3n) is 1.50. The molecule has 2 nitrogen and oxygen atoms in total. The highest BCUT2D eigenvalue weighted by molar-refractivity contribution is 8.93. The van der Waals surface area contributed by atoms with Gasteiger partial charge >= 0.3 is 0 Å². The Labute approximate surface area is 108 Å². The van der Waals surface area contributed by atoms with Crippen LogP contribution in [0, 0.1) is 0 Å². The van der Waals surface area contributed by atoms with Crippen LogP contribution in [-0.2, 0) is 6.54 Å². The minimum Gasteiger partial charge on any atom is -1.00 e. The largest absolute Gasteiger partial charge is 1.00 e. The van der Waals surface area contributed by atoms with Crippen LogP contribution in [0.4, 0.5) is 0 Å². The summed E-state index contributed by atoms with van der Waals surface area (Å²) >= 11 is 0. The van der Waals surface area contributed by atoms with E-state index in [2.05, 4.69) is 51.5 Å². The van der Waals surface area contributed by atoms with Crippen LogP contribution in [0.3, 0.4) is 0 Å². The average molecular weight is 328 g/mol. The summed E-state index contributed by atoms with van der Waals surface area (Å²) in [5.41, 5.74) is 1.40. The lowest BCUT2D eigenvalue weighted by molar-refractivity contribution is -0.884. The zero-order chi connectivity index (χ0) is 8.32. The fraction of sp³-hybridized carbons (Fsp3) is 0.400. The maximum atomic E-state index is 2.20. The van der Waals surface area contributed by atoms with Crippen molar-refractivity contribution in [2.45, 2.75) is 6.54 Å². The second-order valence-electron chi connectivity index (χ2n) is 3.93. The van der Waals surface area contributed by atoms with Crippen molar-refractivity contribution in [2.24, 2.45) is 0 Å². The Balaban J connectivity index is -0.000000403. The lowest BCUT2D eigenvalue weighted by atomic mass is 10.2. The number of nitrogens with zero attached hydrogens (tertiary/aromatic N) is 1. The van der Waals surface area contributed by atoms with E-state index in [1.807, 2.05) is 0 Å². The van der Waals surface area contributed by atoms with Crippen molar-refractivity contribution in [3.8, 4) is 0 Å². The van der Waals surface area contributed by atoms with E-state index in [-0.39, 0.29) is 40.1 Å². The molecule has 14 heavy (non-hydrogen) atoms. The third-order valence-corrected chi connectivity index (χ3v) is 1.50. The summed E-state index contributed by atoms with van der Waals surface area (Å²) in [4.78, 5) is 0. The van der Waals surface area contributed by atoms with Crippen LogP contribution >= 0.6 is 17.0 Å². The molecule has 3 N–H and O–H groups in total. The first-order valence-corrected chi connectivity index (χ1v) is 3.92. The van der Waals surface area contributed by atoms with Gasteiger partial charge in [0.2, 0.25) is 0 Å². The number of halogens is 2. The maximum Gasteiger partial charge on any atom is 0.104 e. The zero-order valence-electron chi connectivity index (χ0n) is 9.03. The Morgan fingerprint density at radius 2 is 1.43 bits per heavy atom. The van der Waals surface area contributed by atoms with E-state index in [4.69, 9.17) is 0 Å². The number of quaternary nitrogens is 1. The number of benzene rings is 1. The monoisotopic (exact) mass is 326 g/mol. The molecule has 0 heterocycles. The summed E-state index contributed by atoms with van der Waals surface area (Å²) in [6.07, 6.45) is 0. The topological polar surface area (TPSA) is 35.0 Å². The van der Waals surface area contributed by atoms with E-state index >= 15 is 0 Å². The Kier molecular flexibility index (Phi) is 11.8. The molecule has 0 aliphatic carbocycles. The van der Waals surface area contributed by atoms with Gasteiger partial charge in [0.15, 0.2) is 0 Å². The van der Waals surface area contributed by atoms with Crippen LogP contribution in [0.2, 0.25) is 0 Å². The van der Waals surface area contributed by atoms with Crippen molar-refractivity contribution in [1.82, 2.24) is 6.15 Å². The minimum absolute atomic E-state index is 0. The van der Waals surface area contributed by atoms with Gasteiger partial charge in [-0.2, -0.15) is 0 Å². The summed E-state index contributed by atoms with van der Waals surface area (Å²) in [5.74, 6) is 0. The van der Waals surface area contributed by atoms with E-state index in [0.29, 0.717) is 0 Å². The Hall–Kier alpha value is 0.100. The van der Waals surface area contributed by atoms with Gasteiger partial charge in [0.1, 0.15) is 6.54 Å². The lowest BCUT2D eigenvalue weighted by Crippen LogP contribution is -3.00. The van der Waals surface area contributed by atoms with Gasteiger partial charge in [-0.1, -0.05) is 30.3 Å². The van der Waals surface area contributed by atoms with Gasteiger partial charge < -0.3 is 27.6 Å². The minimum atomic E-state index is 0. The van der Waals surface area contributed by atoms with Gasteiger partial charge in [-0.15, -0.1) is 17.0 Å². The molecule has 0 saturated heterocycles. The molecule has 0 radical (unpaired) electrons. The molecule has 0 fully saturated rings. The maximum absolute atomic E-state index is 2.20. The van der Waals surface area contributed by atoms with Crippen molar-refractivity contribution in [2.75, 3.05) is 21.1 Å². The van der Waals surface area contributed by atoms with E-state index in [1.165, 1.54) is 5.56 Å². The van der Waals surface area contributed by atoms with Crippen LogP contribution in [0.5, 0.6) is 0 Å². The molecule has 4 heteroatoms. The molecular formula is C10H20Br2N2. The molecule has 0 saturated carbocycles. The molecule has 0 amide bonds. The van der Waals surface area contributed by atoms with E-state index in [1.54, 1.807) is 0 Å². The van der Waals surface area contributed by atoms with Gasteiger partial charge in [-0.05, 0) is 0 Å². The molecule has 0 atom stereocenters. The van der Waals surface area contributed by atoms with Gasteiger partial charge in [0, 0.05) is 5.56 Å². The number of rotatable bonds is 2. The van der Waals surface area contributed by atoms with Crippen molar-refractivity contribution >= 4 is 17.0 Å². The first kappa shape index (κ1) is 19.6. The second-order valence-corrected chi connectivity index (χ2v) is 3.93. The molecule has 0 aliphatic heterocycles. The smallest absolute Gasteiger partial charge is 0.104 e. The third kappa shape index (κ3) is 8.69. The second kappa shape index (κ2) is 8.41. The Morgan fingerprint density at radius 1 is 1.00 bits per heavy atom. The van der Waals surface area contributed by atoms with E-state index in [9.17, 15) is 0 Å². The fourth-order valence-electron chi connectivity index (χ4n) is 1.13. The van der Waals surface area contributed by atoms with Crippen LogP contribution in [-0.4, -0.2) is 25.6 Å². The Morgan fingerprint density at radius 3 is 1.79 bits per heavy atom. The zero-order valence-corrected chi connectivity index (χ0v) is 12.3. The van der Waals surface area contributed by atoms with Gasteiger partial charge in [0.25, 0.3) is 0 Å². The summed E-state index contributed by atoms with van der Waals surface area (Å²) in [6, 6.07) is 10.6. The molecular weight excluding hydrogens is 308 g/mol. The normalized spacial score (nSPS) is 9.07. The summed E-state index contributed by atoms with van der Waals surface area (Å²) in [7, 11) is 6.60. The van der Waals surface area contributed by atoms with Gasteiger partial charge in [-0.3, -0.25) is 0 Å². The first-order chi connectivity index (χ1) is 5.08. The first-order valence-electron chi connectivity index (χ1n) is 3.92. The summed E-state index contributed by atoms with van der Waals surface area (Å²) < 4.78 is 0.990. The highest BCUT2D eigenvalue weighted by Crippen LogP contribution is 2.04. The number of hydrogen-bond donors (Lipinski definition) is 1. The van der Waals surface area contributed by atoms with Crippen LogP contribution in [0.25, 0.3) is 0 Å². The van der Waals surface area contributed by atoms with Gasteiger partial charge in [0.05, 0.1) is 21.1 Å². The molecule has 0 unspecified atom stereocenters. The van der Waals surface area contributed by atoms with Crippen molar-refractivity contribution in [3.05, 3.63) is 35.9 Å². The van der Waals surface area contributed by atoms with Crippen LogP contribution in [0.1, 0.15) is 5.56 Å². The van der Waals surface area contributed by atoms with Crippen LogP contribution < -0.4 is 23.1 Å². The van der Waals surface area contributed by atoms with Gasteiger partial charge in [-0.25, -0.2) is 0 Å². The molecule has 0 bridgehead atoms. The Bertz CT molecular complexity index is 219. The predicted octanol–water partition coefficient (Wildman–Crippen LogP) is -0.363. The summed E-state index contributed by atoms with van der Waals surface area (Å²) in [6.45, 7) is 1.10. The van der Waals surface area contributed by atoms with Crippen molar-refractivity contribution < 1.29 is 21.5 Å². The molecule has 0 aromatic heterocycles. The van der Waals surface area contributed by atoms with Crippen LogP contribution in [0.15, 0.2) is 30.3 Å². The van der Waals surface area contributed by atoms with E-state index in [0.717, 1.165) is 11.0 Å². The fourth-order valence-corrected chi connectivity index (χ4v) is 1.13. The van der Waals surface area contributed by atoms with Crippen molar-refractivity contribution in [1.29, 1.82) is 0 Å². The molecule has 0 aliphatic rings. The summed E-state index contributed by atoms with van der Waals surface area (Å²) in [5, 5.41) is 0. The molecule has 84 valence electrons.